The molecule has 0 amide bonds. The van der Waals surface area contributed by atoms with Gasteiger partial charge >= 0.3 is 0 Å². The highest BCUT2D eigenvalue weighted by Crippen LogP contribution is 2.42. The van der Waals surface area contributed by atoms with Crippen molar-refractivity contribution in [2.45, 2.75) is 0 Å². The Kier molecular flexibility index (Phi) is 9.85. The quantitative estimate of drug-likeness (QED) is 0.152. The lowest BCUT2D eigenvalue weighted by Gasteiger charge is -2.10. The Morgan fingerprint density at radius 1 is 0.221 bits per heavy atom. The normalized spacial score (nSPS) is 11.5. The molecule has 0 bridgehead atoms. The Morgan fingerprint density at radius 3 is 0.824 bits per heavy atom. The first-order valence-electron chi connectivity index (χ1n) is 22.7. The number of aromatic nitrogens is 4. The molecule has 0 spiro atoms. The molecular formula is C62H38N4S2. The molecule has 13 aromatic rings. The van der Waals surface area contributed by atoms with Crippen LogP contribution in [0.25, 0.3) is 130 Å². The van der Waals surface area contributed by atoms with Gasteiger partial charge in [-0.15, -0.1) is 22.7 Å². The van der Waals surface area contributed by atoms with Crippen LogP contribution in [0.1, 0.15) is 0 Å². The van der Waals surface area contributed by atoms with E-state index >= 15 is 0 Å². The van der Waals surface area contributed by atoms with E-state index in [0.717, 1.165) is 98.7 Å². The Balaban J connectivity index is 0.787. The molecule has 0 atom stereocenters. The lowest BCUT2D eigenvalue weighted by Crippen LogP contribution is -1.94. The van der Waals surface area contributed by atoms with Crippen molar-refractivity contribution in [2.75, 3.05) is 0 Å². The number of thiophene rings is 2. The maximum absolute atomic E-state index is 5.26. The highest BCUT2D eigenvalue weighted by atomic mass is 32.1. The summed E-state index contributed by atoms with van der Waals surface area (Å²) in [4.78, 5) is 20.9. The van der Waals surface area contributed by atoms with Crippen LogP contribution in [-0.4, -0.2) is 19.9 Å². The smallest absolute Gasteiger partial charge is 0.160 e. The van der Waals surface area contributed by atoms with Crippen LogP contribution in [0.4, 0.5) is 0 Å². The Hall–Kier alpha value is -8.42. The summed E-state index contributed by atoms with van der Waals surface area (Å²) < 4.78 is 4.62. The van der Waals surface area contributed by atoms with E-state index in [0.29, 0.717) is 0 Å². The molecule has 4 aromatic heterocycles. The van der Waals surface area contributed by atoms with Gasteiger partial charge in [0.15, 0.2) is 11.6 Å². The molecule has 0 aliphatic rings. The zero-order valence-electron chi connectivity index (χ0n) is 36.5. The summed E-state index contributed by atoms with van der Waals surface area (Å²) in [5, 5.41) is 2.31. The number of benzene rings is 9. The van der Waals surface area contributed by atoms with Gasteiger partial charge in [0.05, 0.1) is 31.8 Å². The predicted octanol–water partition coefficient (Wildman–Crippen LogP) is 17.3. The first kappa shape index (κ1) is 39.9. The summed E-state index contributed by atoms with van der Waals surface area (Å²) in [6, 6.07) is 81.6. The third-order valence-electron chi connectivity index (χ3n) is 12.8. The van der Waals surface area contributed by atoms with Crippen molar-refractivity contribution < 1.29 is 0 Å². The van der Waals surface area contributed by atoms with E-state index < -0.39 is 0 Å². The topological polar surface area (TPSA) is 51.6 Å². The van der Waals surface area contributed by atoms with Crippen molar-refractivity contribution in [3.8, 4) is 89.8 Å². The Labute approximate surface area is 401 Å². The fourth-order valence-corrected chi connectivity index (χ4v) is 11.5. The van der Waals surface area contributed by atoms with Gasteiger partial charge in [-0.2, -0.15) is 0 Å². The van der Waals surface area contributed by atoms with Gasteiger partial charge in [0, 0.05) is 42.4 Å². The summed E-state index contributed by atoms with van der Waals surface area (Å²) in [7, 11) is 0. The minimum Gasteiger partial charge on any atom is -0.226 e. The van der Waals surface area contributed by atoms with Crippen LogP contribution in [0.5, 0.6) is 0 Å². The molecule has 0 aliphatic heterocycles. The fourth-order valence-electron chi connectivity index (χ4n) is 9.21. The molecule has 0 fully saturated rings. The largest absolute Gasteiger partial charge is 0.226 e. The number of hydrogen-bond donors (Lipinski definition) is 0. The highest BCUT2D eigenvalue weighted by Gasteiger charge is 2.19. The van der Waals surface area contributed by atoms with E-state index in [1.54, 1.807) is 22.7 Å². The van der Waals surface area contributed by atoms with Crippen LogP contribution in [0.2, 0.25) is 0 Å². The molecule has 0 N–H and O–H groups in total. The maximum Gasteiger partial charge on any atom is 0.160 e. The van der Waals surface area contributed by atoms with Gasteiger partial charge in [0.1, 0.15) is 0 Å². The molecule has 0 aliphatic carbocycles. The summed E-state index contributed by atoms with van der Waals surface area (Å²) in [5.41, 5.74) is 17.3. The number of nitrogens with zero attached hydrogens (tertiary/aromatic N) is 4. The first-order valence-corrected chi connectivity index (χ1v) is 24.3. The Bertz CT molecular complexity index is 3960. The molecule has 318 valence electrons. The van der Waals surface area contributed by atoms with E-state index in [1.165, 1.54) is 31.7 Å². The molecule has 4 nitrogen and oxygen atoms in total. The van der Waals surface area contributed by atoms with Gasteiger partial charge in [-0.05, 0) is 56.6 Å². The average Bonchev–Trinajstić information content (AvgIpc) is 4.00. The molecule has 4 heterocycles. The summed E-state index contributed by atoms with van der Waals surface area (Å²) in [6.07, 6.45) is 0. The van der Waals surface area contributed by atoms with Crippen LogP contribution in [0, 0.1) is 0 Å². The number of hydrogen-bond acceptors (Lipinski definition) is 6. The van der Waals surface area contributed by atoms with Crippen LogP contribution in [0.3, 0.4) is 0 Å². The number of fused-ring (bicyclic) bond motifs is 6. The molecule has 68 heavy (non-hydrogen) atoms. The lowest BCUT2D eigenvalue weighted by atomic mass is 9.98. The minimum atomic E-state index is 0.720. The minimum absolute atomic E-state index is 0.720. The van der Waals surface area contributed by atoms with Crippen molar-refractivity contribution in [3.05, 3.63) is 231 Å². The second-order valence-corrected chi connectivity index (χ2v) is 19.1. The average molecular weight is 903 g/mol. The van der Waals surface area contributed by atoms with Crippen molar-refractivity contribution in [2.24, 2.45) is 0 Å². The third kappa shape index (κ3) is 7.24. The second-order valence-electron chi connectivity index (χ2n) is 17.0. The van der Waals surface area contributed by atoms with Crippen LogP contribution >= 0.6 is 22.7 Å². The molecule has 0 unspecified atom stereocenters. The standard InChI is InChI=1S/C62H38N4S2/c1-3-11-39(12-4-1)41-23-31-47(32-24-41)55-59-57(51-15-7-9-17-53(51)67-59)66-62(63-55)50-37-29-46(30-38-50)44-21-19-43(20-22-44)45-25-33-48(34-26-45)56-60-58(52-16-8-10-18-54(52)68-60)65-61(64-56)49-35-27-42(28-36-49)40-13-5-2-6-14-40/h1-38H. The second kappa shape index (κ2) is 16.8. The summed E-state index contributed by atoms with van der Waals surface area (Å²) in [5.74, 6) is 1.44. The SMILES string of the molecule is c1ccc(-c2ccc(-c3nc(-c4ccc(-c5ccc(-c6ccc(-c7nc(-c8ccc(-c9ccccc9)cc8)c8sc9ccccc9c8n7)cc6)cc5)cc4)c4sc5ccccc5c4n3)cc2)cc1. The van der Waals surface area contributed by atoms with E-state index in [2.05, 4.69) is 224 Å². The molecule has 13 rings (SSSR count). The van der Waals surface area contributed by atoms with Crippen molar-refractivity contribution in [3.63, 3.8) is 0 Å². The molecule has 0 saturated heterocycles. The fraction of sp³-hybridized carbons (Fsp3) is 0. The monoisotopic (exact) mass is 902 g/mol. The molecule has 0 radical (unpaired) electrons. The predicted molar refractivity (Wildman–Crippen MR) is 287 cm³/mol. The first-order chi connectivity index (χ1) is 33.7. The Morgan fingerprint density at radius 2 is 0.485 bits per heavy atom. The van der Waals surface area contributed by atoms with E-state index in [1.807, 2.05) is 6.07 Å². The summed E-state index contributed by atoms with van der Waals surface area (Å²) in [6.45, 7) is 0. The molecule has 6 heteroatoms. The van der Waals surface area contributed by atoms with Gasteiger partial charge in [-0.1, -0.05) is 218 Å². The van der Waals surface area contributed by atoms with Gasteiger partial charge < -0.3 is 0 Å². The summed E-state index contributed by atoms with van der Waals surface area (Å²) >= 11 is 3.51. The zero-order valence-corrected chi connectivity index (χ0v) is 38.2. The third-order valence-corrected chi connectivity index (χ3v) is 15.1. The van der Waals surface area contributed by atoms with Crippen LogP contribution in [-0.2, 0) is 0 Å². The van der Waals surface area contributed by atoms with Gasteiger partial charge in [-0.3, -0.25) is 0 Å². The van der Waals surface area contributed by atoms with E-state index in [4.69, 9.17) is 19.9 Å². The maximum atomic E-state index is 5.26. The van der Waals surface area contributed by atoms with Gasteiger partial charge in [0.25, 0.3) is 0 Å². The molecule has 0 saturated carbocycles. The number of rotatable bonds is 8. The molecule has 9 aromatic carbocycles. The van der Waals surface area contributed by atoms with Crippen molar-refractivity contribution in [1.29, 1.82) is 0 Å². The highest BCUT2D eigenvalue weighted by molar-refractivity contribution is 7.26. The van der Waals surface area contributed by atoms with E-state index in [-0.39, 0.29) is 0 Å². The van der Waals surface area contributed by atoms with Crippen molar-refractivity contribution in [1.82, 2.24) is 19.9 Å². The van der Waals surface area contributed by atoms with Crippen molar-refractivity contribution >= 4 is 63.3 Å². The van der Waals surface area contributed by atoms with Crippen LogP contribution < -0.4 is 0 Å². The van der Waals surface area contributed by atoms with Gasteiger partial charge in [0.2, 0.25) is 0 Å². The lowest BCUT2D eigenvalue weighted by molar-refractivity contribution is 1.24. The van der Waals surface area contributed by atoms with Crippen LogP contribution in [0.15, 0.2) is 231 Å². The van der Waals surface area contributed by atoms with Gasteiger partial charge in [-0.25, -0.2) is 19.9 Å². The van der Waals surface area contributed by atoms with E-state index in [9.17, 15) is 0 Å². The molecular weight excluding hydrogens is 865 g/mol. The zero-order chi connectivity index (χ0) is 45.0.